The maximum atomic E-state index is 9.08. The quantitative estimate of drug-likeness (QED) is 0.678. The molecule has 0 amide bonds. The van der Waals surface area contributed by atoms with E-state index in [2.05, 4.69) is 19.1 Å². The first kappa shape index (κ1) is 9.27. The van der Waals surface area contributed by atoms with Gasteiger partial charge in [-0.3, -0.25) is 0 Å². The molecule has 1 aliphatic rings. The van der Waals surface area contributed by atoms with Gasteiger partial charge < -0.3 is 5.11 Å². The number of aliphatic hydroxyl groups is 1. The molecule has 0 unspecified atom stereocenters. The van der Waals surface area contributed by atoms with Gasteiger partial charge in [-0.15, -0.1) is 0 Å². The molecular formula is C11H16O. The second-order valence-electron chi connectivity index (χ2n) is 3.08. The summed E-state index contributed by atoms with van der Waals surface area (Å²) in [7, 11) is 0. The van der Waals surface area contributed by atoms with Gasteiger partial charge in [-0.25, -0.2) is 0 Å². The molecule has 1 N–H and O–H groups in total. The summed E-state index contributed by atoms with van der Waals surface area (Å²) in [6, 6.07) is 0. The smallest absolute Gasteiger partial charge is 0.0467 e. The summed E-state index contributed by atoms with van der Waals surface area (Å²) in [6.07, 6.45) is 13.4. The van der Waals surface area contributed by atoms with E-state index in [1.54, 1.807) is 0 Å². The first-order chi connectivity index (χ1) is 5.88. The minimum Gasteiger partial charge on any atom is -0.396 e. The lowest BCUT2D eigenvalue weighted by Crippen LogP contribution is -2.13. The Bertz CT molecular complexity index is 181. The van der Waals surface area contributed by atoms with Crippen LogP contribution in [0.25, 0.3) is 0 Å². The summed E-state index contributed by atoms with van der Waals surface area (Å²) in [4.78, 5) is 0. The van der Waals surface area contributed by atoms with E-state index in [-0.39, 0.29) is 6.61 Å². The van der Waals surface area contributed by atoms with Crippen molar-refractivity contribution in [2.24, 2.45) is 11.8 Å². The number of allylic oxidation sites excluding steroid dienone is 6. The topological polar surface area (TPSA) is 20.2 Å². The van der Waals surface area contributed by atoms with Crippen molar-refractivity contribution in [2.75, 3.05) is 6.61 Å². The Kier molecular flexibility index (Phi) is 3.81. The lowest BCUT2D eigenvalue weighted by molar-refractivity contribution is 0.204. The Balaban J connectivity index is 2.61. The number of hydrogen-bond acceptors (Lipinski definition) is 1. The lowest BCUT2D eigenvalue weighted by Gasteiger charge is -2.17. The monoisotopic (exact) mass is 164 g/mol. The predicted octanol–water partition coefficient (Wildman–Crippen LogP) is 2.30. The van der Waals surface area contributed by atoms with Crippen LogP contribution in [0.5, 0.6) is 0 Å². The predicted molar refractivity (Wildman–Crippen MR) is 51.8 cm³/mol. The number of rotatable bonds is 3. The highest BCUT2D eigenvalue weighted by Crippen LogP contribution is 2.19. The van der Waals surface area contributed by atoms with E-state index >= 15 is 0 Å². The fourth-order valence-electron chi connectivity index (χ4n) is 1.41. The lowest BCUT2D eigenvalue weighted by atomic mass is 9.90. The highest BCUT2D eigenvalue weighted by atomic mass is 16.3. The van der Waals surface area contributed by atoms with Gasteiger partial charge in [0.2, 0.25) is 0 Å². The van der Waals surface area contributed by atoms with Gasteiger partial charge in [-0.2, -0.15) is 0 Å². The molecule has 1 atom stereocenters. The van der Waals surface area contributed by atoms with Gasteiger partial charge in [0.15, 0.2) is 0 Å². The molecule has 66 valence electrons. The summed E-state index contributed by atoms with van der Waals surface area (Å²) >= 11 is 0. The molecule has 0 radical (unpaired) electrons. The Hall–Kier alpha value is -0.820. The van der Waals surface area contributed by atoms with Crippen LogP contribution >= 0.6 is 0 Å². The molecule has 0 aromatic rings. The van der Waals surface area contributed by atoms with Crippen molar-refractivity contribution in [3.05, 3.63) is 36.5 Å². The SMILES string of the molecule is CC[C@H](CO)C1C=CC=CC=C1. The first-order valence-electron chi connectivity index (χ1n) is 4.51. The number of aliphatic hydroxyl groups excluding tert-OH is 1. The molecule has 1 nitrogen and oxygen atoms in total. The molecule has 0 saturated carbocycles. The van der Waals surface area contributed by atoms with Crippen molar-refractivity contribution in [2.45, 2.75) is 13.3 Å². The van der Waals surface area contributed by atoms with Crippen LogP contribution in [0.4, 0.5) is 0 Å². The molecule has 0 fully saturated rings. The highest BCUT2D eigenvalue weighted by molar-refractivity contribution is 5.19. The molecule has 1 heteroatoms. The summed E-state index contributed by atoms with van der Waals surface area (Å²) in [5, 5.41) is 9.08. The molecule has 0 saturated heterocycles. The Morgan fingerprint density at radius 3 is 2.17 bits per heavy atom. The van der Waals surface area contributed by atoms with Crippen LogP contribution in [0.3, 0.4) is 0 Å². The molecule has 0 aliphatic heterocycles. The fourth-order valence-corrected chi connectivity index (χ4v) is 1.41. The molecule has 12 heavy (non-hydrogen) atoms. The van der Waals surface area contributed by atoms with E-state index in [1.165, 1.54) is 0 Å². The van der Waals surface area contributed by atoms with E-state index in [0.717, 1.165) is 6.42 Å². The normalized spacial score (nSPS) is 19.5. The van der Waals surface area contributed by atoms with E-state index in [1.807, 2.05) is 24.3 Å². The third-order valence-corrected chi connectivity index (χ3v) is 2.30. The molecule has 1 aliphatic carbocycles. The summed E-state index contributed by atoms with van der Waals surface area (Å²) in [5.74, 6) is 0.771. The van der Waals surface area contributed by atoms with Crippen LogP contribution < -0.4 is 0 Å². The summed E-state index contributed by atoms with van der Waals surface area (Å²) < 4.78 is 0. The van der Waals surface area contributed by atoms with Crippen LogP contribution in [-0.4, -0.2) is 11.7 Å². The van der Waals surface area contributed by atoms with Crippen molar-refractivity contribution < 1.29 is 5.11 Å². The van der Waals surface area contributed by atoms with Gasteiger partial charge in [0.05, 0.1) is 0 Å². The van der Waals surface area contributed by atoms with Gasteiger partial charge in [0, 0.05) is 12.5 Å². The van der Waals surface area contributed by atoms with Gasteiger partial charge in [0.1, 0.15) is 0 Å². The first-order valence-corrected chi connectivity index (χ1v) is 4.51. The average Bonchev–Trinajstić information content (AvgIpc) is 2.35. The Morgan fingerprint density at radius 2 is 1.75 bits per heavy atom. The van der Waals surface area contributed by atoms with Crippen molar-refractivity contribution in [1.29, 1.82) is 0 Å². The Morgan fingerprint density at radius 1 is 1.17 bits per heavy atom. The third-order valence-electron chi connectivity index (χ3n) is 2.30. The highest BCUT2D eigenvalue weighted by Gasteiger charge is 2.13. The minimum atomic E-state index is 0.274. The van der Waals surface area contributed by atoms with Crippen molar-refractivity contribution >= 4 is 0 Å². The van der Waals surface area contributed by atoms with E-state index in [0.29, 0.717) is 11.8 Å². The standard InChI is InChI=1S/C11H16O/c1-2-10(9-12)11-7-5-3-4-6-8-11/h3-8,10-12H,2,9H2,1H3/t10-/m1/s1. The number of hydrogen-bond donors (Lipinski definition) is 1. The molecule has 0 heterocycles. The van der Waals surface area contributed by atoms with Crippen LogP contribution in [0.1, 0.15) is 13.3 Å². The zero-order valence-corrected chi connectivity index (χ0v) is 7.48. The molecule has 1 rings (SSSR count). The van der Waals surface area contributed by atoms with Gasteiger partial charge in [-0.05, 0) is 5.92 Å². The second-order valence-corrected chi connectivity index (χ2v) is 3.08. The van der Waals surface area contributed by atoms with Gasteiger partial charge in [0.25, 0.3) is 0 Å². The van der Waals surface area contributed by atoms with Crippen molar-refractivity contribution in [3.63, 3.8) is 0 Å². The van der Waals surface area contributed by atoms with E-state index in [4.69, 9.17) is 5.11 Å². The van der Waals surface area contributed by atoms with E-state index in [9.17, 15) is 0 Å². The maximum absolute atomic E-state index is 9.08. The Labute approximate surface area is 74.1 Å². The molecule has 0 bridgehead atoms. The minimum absolute atomic E-state index is 0.274. The molecular weight excluding hydrogens is 148 g/mol. The van der Waals surface area contributed by atoms with Crippen LogP contribution in [0.2, 0.25) is 0 Å². The third kappa shape index (κ3) is 2.35. The summed E-state index contributed by atoms with van der Waals surface area (Å²) in [6.45, 7) is 2.39. The zero-order chi connectivity index (χ0) is 8.81. The molecule has 0 aromatic heterocycles. The molecule has 0 aromatic carbocycles. The zero-order valence-electron chi connectivity index (χ0n) is 7.48. The van der Waals surface area contributed by atoms with Gasteiger partial charge >= 0.3 is 0 Å². The van der Waals surface area contributed by atoms with Crippen LogP contribution in [-0.2, 0) is 0 Å². The summed E-state index contributed by atoms with van der Waals surface area (Å²) in [5.41, 5.74) is 0. The maximum Gasteiger partial charge on any atom is 0.0467 e. The van der Waals surface area contributed by atoms with Crippen LogP contribution in [0, 0.1) is 11.8 Å². The van der Waals surface area contributed by atoms with E-state index < -0.39 is 0 Å². The van der Waals surface area contributed by atoms with Crippen LogP contribution in [0.15, 0.2) is 36.5 Å². The second kappa shape index (κ2) is 4.94. The average molecular weight is 164 g/mol. The van der Waals surface area contributed by atoms with Gasteiger partial charge in [-0.1, -0.05) is 49.8 Å². The largest absolute Gasteiger partial charge is 0.396 e. The van der Waals surface area contributed by atoms with Crippen molar-refractivity contribution in [1.82, 2.24) is 0 Å². The molecule has 0 spiro atoms. The van der Waals surface area contributed by atoms with Crippen molar-refractivity contribution in [3.8, 4) is 0 Å². The fraction of sp³-hybridized carbons (Fsp3) is 0.455.